The van der Waals surface area contributed by atoms with Crippen LogP contribution in [0.2, 0.25) is 0 Å². The predicted molar refractivity (Wildman–Crippen MR) is 158 cm³/mol. The Labute approximate surface area is 251 Å². The first-order chi connectivity index (χ1) is 20.7. The molecule has 2 aliphatic rings. The molecule has 0 aliphatic carbocycles. The number of halogens is 4. The summed E-state index contributed by atoms with van der Waals surface area (Å²) < 4.78 is 63.7. The molecule has 2 atom stereocenters. The highest BCUT2D eigenvalue weighted by Gasteiger charge is 2.36. The Balaban J connectivity index is 1.54. The van der Waals surface area contributed by atoms with Crippen molar-refractivity contribution in [2.75, 3.05) is 54.9 Å². The summed E-state index contributed by atoms with van der Waals surface area (Å²) in [6, 6.07) is 3.11. The lowest BCUT2D eigenvalue weighted by Gasteiger charge is -2.39. The maximum absolute atomic E-state index is 15.7. The quantitative estimate of drug-likeness (QED) is 0.429. The molecule has 0 spiro atoms. The van der Waals surface area contributed by atoms with Crippen LogP contribution in [0.4, 0.5) is 34.9 Å². The van der Waals surface area contributed by atoms with Gasteiger partial charge in [0.1, 0.15) is 17.7 Å². The van der Waals surface area contributed by atoms with Gasteiger partial charge in [0, 0.05) is 68.5 Å². The van der Waals surface area contributed by atoms with Gasteiger partial charge >= 0.3 is 6.18 Å². The number of amides is 1. The first kappa shape index (κ1) is 31.0. The second-order valence-corrected chi connectivity index (χ2v) is 11.2. The summed E-state index contributed by atoms with van der Waals surface area (Å²) in [5.41, 5.74) is -2.24. The Hall–Kier alpha value is -4.46. The number of morpholine rings is 1. The van der Waals surface area contributed by atoms with E-state index in [-0.39, 0.29) is 23.4 Å². The van der Waals surface area contributed by atoms with Gasteiger partial charge in [-0.3, -0.25) is 9.59 Å². The SMILES string of the molecule is C=C1CN(c2ncc(-c3cc(NC(=O)c4cn(C)c(=O)cc4C(F)(F)F)c(N4CCN(C)[C@@H](C)C4)cc3F)cn2)C[C@H](C)O1. The number of carbonyl (C=O) groups is 1. The molecule has 1 N–H and O–H groups in total. The number of benzene rings is 1. The molecule has 0 bridgehead atoms. The molecule has 1 aromatic carbocycles. The molecule has 0 unspecified atom stereocenters. The molecule has 14 heteroatoms. The van der Waals surface area contributed by atoms with E-state index in [0.717, 1.165) is 10.8 Å². The van der Waals surface area contributed by atoms with Crippen LogP contribution in [-0.2, 0) is 18.0 Å². The van der Waals surface area contributed by atoms with Gasteiger partial charge in [-0.05, 0) is 33.0 Å². The van der Waals surface area contributed by atoms with Crippen LogP contribution in [-0.4, -0.2) is 77.3 Å². The van der Waals surface area contributed by atoms with Crippen LogP contribution in [0.1, 0.15) is 29.8 Å². The van der Waals surface area contributed by atoms with E-state index in [9.17, 15) is 22.8 Å². The number of hydrogen-bond donors (Lipinski definition) is 1. The van der Waals surface area contributed by atoms with Gasteiger partial charge in [0.05, 0.1) is 35.6 Å². The molecule has 5 rings (SSSR count). The molecule has 3 aromatic rings. The second-order valence-electron chi connectivity index (χ2n) is 11.2. The number of aryl methyl sites for hydroxylation is 1. The van der Waals surface area contributed by atoms with E-state index < -0.39 is 34.6 Å². The average Bonchev–Trinajstić information content (AvgIpc) is 2.95. The van der Waals surface area contributed by atoms with Crippen LogP contribution in [0.5, 0.6) is 0 Å². The number of nitrogens with one attached hydrogen (secondary N) is 1. The van der Waals surface area contributed by atoms with E-state index in [0.29, 0.717) is 61.7 Å². The molecular formula is C30H33F4N7O3. The number of ether oxygens (including phenoxy) is 1. The number of piperazine rings is 1. The third-order valence-corrected chi connectivity index (χ3v) is 7.86. The number of carbonyl (C=O) groups excluding carboxylic acids is 1. The molecule has 0 saturated carbocycles. The molecule has 2 aromatic heterocycles. The zero-order valence-electron chi connectivity index (χ0n) is 24.8. The van der Waals surface area contributed by atoms with Crippen LogP contribution < -0.4 is 20.7 Å². The summed E-state index contributed by atoms with van der Waals surface area (Å²) in [4.78, 5) is 40.1. The van der Waals surface area contributed by atoms with Gasteiger partial charge in [-0.25, -0.2) is 14.4 Å². The average molecular weight is 616 g/mol. The minimum Gasteiger partial charge on any atom is -0.492 e. The topological polar surface area (TPSA) is 95.8 Å². The standard InChI is InChI=1S/C30H33F4N7O3/c1-17-13-40(7-6-38(17)4)26-10-24(31)21(20-11-35-29(36-12-20)41-14-18(2)44-19(3)15-41)8-25(26)37-28(43)22-16-39(5)27(42)9-23(22)30(32,33)34/h8-12,16-17,19H,2,6-7,13-15H2,1,3-5H3,(H,37,43)/t17-,19-/m0/s1. The molecule has 234 valence electrons. The van der Waals surface area contributed by atoms with Gasteiger partial charge in [-0.1, -0.05) is 6.58 Å². The van der Waals surface area contributed by atoms with Gasteiger partial charge < -0.3 is 29.3 Å². The van der Waals surface area contributed by atoms with Crippen molar-refractivity contribution in [2.24, 2.45) is 7.05 Å². The van der Waals surface area contributed by atoms with Crippen molar-refractivity contribution in [2.45, 2.75) is 32.2 Å². The normalized spacial score (nSPS) is 19.6. The van der Waals surface area contributed by atoms with Crippen molar-refractivity contribution in [1.29, 1.82) is 0 Å². The molecule has 2 aliphatic heterocycles. The summed E-state index contributed by atoms with van der Waals surface area (Å²) >= 11 is 0. The number of nitrogens with zero attached hydrogens (tertiary/aromatic N) is 6. The van der Waals surface area contributed by atoms with Crippen LogP contribution in [0.3, 0.4) is 0 Å². The van der Waals surface area contributed by atoms with E-state index in [1.54, 1.807) is 0 Å². The Morgan fingerprint density at radius 2 is 1.77 bits per heavy atom. The van der Waals surface area contributed by atoms with Gasteiger partial charge in [0.25, 0.3) is 11.5 Å². The Morgan fingerprint density at radius 3 is 2.41 bits per heavy atom. The summed E-state index contributed by atoms with van der Waals surface area (Å²) in [6.07, 6.45) is -1.33. The Morgan fingerprint density at radius 1 is 1.07 bits per heavy atom. The number of rotatable bonds is 5. The van der Waals surface area contributed by atoms with Gasteiger partial charge in [-0.2, -0.15) is 13.2 Å². The fourth-order valence-corrected chi connectivity index (χ4v) is 5.37. The van der Waals surface area contributed by atoms with E-state index >= 15 is 4.39 Å². The lowest BCUT2D eigenvalue weighted by molar-refractivity contribution is -0.138. The van der Waals surface area contributed by atoms with E-state index in [2.05, 4.69) is 26.8 Å². The van der Waals surface area contributed by atoms with Crippen molar-refractivity contribution >= 4 is 23.2 Å². The fourth-order valence-electron chi connectivity index (χ4n) is 5.37. The highest BCUT2D eigenvalue weighted by Crippen LogP contribution is 2.37. The molecule has 0 radical (unpaired) electrons. The Kier molecular flexibility index (Phi) is 8.38. The number of alkyl halides is 3. The Bertz CT molecular complexity index is 1640. The van der Waals surface area contributed by atoms with E-state index in [4.69, 9.17) is 4.74 Å². The maximum Gasteiger partial charge on any atom is 0.417 e. The van der Waals surface area contributed by atoms with Gasteiger partial charge in [0.2, 0.25) is 5.95 Å². The first-order valence-electron chi connectivity index (χ1n) is 14.0. The maximum atomic E-state index is 15.7. The van der Waals surface area contributed by atoms with Gasteiger partial charge in [-0.15, -0.1) is 0 Å². The van der Waals surface area contributed by atoms with Crippen LogP contribution in [0, 0.1) is 5.82 Å². The molecule has 10 nitrogen and oxygen atoms in total. The van der Waals surface area contributed by atoms with E-state index in [1.165, 1.54) is 31.6 Å². The van der Waals surface area contributed by atoms with Crippen molar-refractivity contribution < 1.29 is 27.1 Å². The molecule has 44 heavy (non-hydrogen) atoms. The second kappa shape index (κ2) is 11.9. The summed E-state index contributed by atoms with van der Waals surface area (Å²) in [6.45, 7) is 10.3. The smallest absolute Gasteiger partial charge is 0.417 e. The highest BCUT2D eigenvalue weighted by atomic mass is 19.4. The number of pyridine rings is 1. The number of aromatic nitrogens is 3. The van der Waals surface area contributed by atoms with Crippen molar-refractivity contribution in [3.8, 4) is 11.1 Å². The van der Waals surface area contributed by atoms with Gasteiger partial charge in [0.15, 0.2) is 0 Å². The number of hydrogen-bond acceptors (Lipinski definition) is 8. The molecule has 4 heterocycles. The van der Waals surface area contributed by atoms with E-state index in [1.807, 2.05) is 30.7 Å². The predicted octanol–water partition coefficient (Wildman–Crippen LogP) is 4.13. The van der Waals surface area contributed by atoms with Crippen LogP contribution in [0.25, 0.3) is 11.1 Å². The molecule has 2 saturated heterocycles. The lowest BCUT2D eigenvalue weighted by atomic mass is 10.0. The summed E-state index contributed by atoms with van der Waals surface area (Å²) in [5.74, 6) is -0.741. The zero-order chi connectivity index (χ0) is 31.9. The van der Waals surface area contributed by atoms with Crippen molar-refractivity contribution in [3.63, 3.8) is 0 Å². The largest absolute Gasteiger partial charge is 0.492 e. The third-order valence-electron chi connectivity index (χ3n) is 7.86. The summed E-state index contributed by atoms with van der Waals surface area (Å²) in [5, 5.41) is 2.57. The van der Waals surface area contributed by atoms with Crippen LogP contribution >= 0.6 is 0 Å². The molecular weight excluding hydrogens is 582 g/mol. The lowest BCUT2D eigenvalue weighted by Crippen LogP contribution is -2.50. The monoisotopic (exact) mass is 615 g/mol. The minimum atomic E-state index is -4.95. The highest BCUT2D eigenvalue weighted by molar-refractivity contribution is 6.07. The first-order valence-corrected chi connectivity index (χ1v) is 14.0. The summed E-state index contributed by atoms with van der Waals surface area (Å²) in [7, 11) is 3.22. The zero-order valence-corrected chi connectivity index (χ0v) is 24.8. The number of anilines is 3. The minimum absolute atomic E-state index is 0.0500. The molecule has 2 fully saturated rings. The van der Waals surface area contributed by atoms with Crippen LogP contribution in [0.15, 0.2) is 53.9 Å². The number of likely N-dealkylation sites (N-methyl/N-ethyl adjacent to an activating group) is 1. The molecule has 1 amide bonds. The third kappa shape index (κ3) is 6.39. The van der Waals surface area contributed by atoms with Crippen molar-refractivity contribution in [3.05, 3.63) is 76.4 Å². The van der Waals surface area contributed by atoms with Crippen molar-refractivity contribution in [1.82, 2.24) is 19.4 Å². The fraction of sp³-hybridized carbons (Fsp3) is 0.400.